The van der Waals surface area contributed by atoms with Crippen molar-refractivity contribution in [3.8, 4) is 0 Å². The zero-order valence-corrected chi connectivity index (χ0v) is 21.0. The summed E-state index contributed by atoms with van der Waals surface area (Å²) in [5, 5.41) is 3.38. The molecule has 2 heterocycles. The third kappa shape index (κ3) is 5.12. The molecule has 36 heavy (non-hydrogen) atoms. The number of Topliss-reactive ketones (excluding diaryl/α,β-unsaturated/α-hetero) is 1. The summed E-state index contributed by atoms with van der Waals surface area (Å²) in [6, 6.07) is 22.9. The van der Waals surface area contributed by atoms with E-state index in [1.807, 2.05) is 30.5 Å². The first-order valence-electron chi connectivity index (χ1n) is 13.1. The van der Waals surface area contributed by atoms with Gasteiger partial charge < -0.3 is 5.32 Å². The number of aryl methyl sites for hydroxylation is 1. The molecule has 0 radical (unpaired) electrons. The van der Waals surface area contributed by atoms with Gasteiger partial charge in [-0.2, -0.15) is 0 Å². The fourth-order valence-electron chi connectivity index (χ4n) is 6.20. The van der Waals surface area contributed by atoms with Gasteiger partial charge in [-0.3, -0.25) is 19.5 Å². The molecule has 1 N–H and O–H groups in total. The van der Waals surface area contributed by atoms with Gasteiger partial charge in [0.2, 0.25) is 5.91 Å². The van der Waals surface area contributed by atoms with Gasteiger partial charge in [0.15, 0.2) is 0 Å². The molecule has 5 rings (SSSR count). The molecule has 1 amide bonds. The Kier molecular flexibility index (Phi) is 7.28. The first-order chi connectivity index (χ1) is 17.5. The quantitative estimate of drug-likeness (QED) is 0.541. The number of benzene rings is 2. The van der Waals surface area contributed by atoms with Crippen LogP contribution in [0.3, 0.4) is 0 Å². The summed E-state index contributed by atoms with van der Waals surface area (Å²) < 4.78 is 0. The molecule has 1 saturated heterocycles. The number of amides is 1. The molecule has 0 saturated carbocycles. The summed E-state index contributed by atoms with van der Waals surface area (Å²) in [5.41, 5.74) is 4.58. The Labute approximate surface area is 213 Å². The third-order valence-corrected chi connectivity index (χ3v) is 8.27. The van der Waals surface area contributed by atoms with Crippen LogP contribution >= 0.6 is 0 Å². The number of piperidine rings is 1. The molecular formula is C31H35N3O2. The average Bonchev–Trinajstić information content (AvgIpc) is 2.91. The molecule has 2 aliphatic rings. The van der Waals surface area contributed by atoms with Crippen LogP contribution in [-0.4, -0.2) is 47.3 Å². The van der Waals surface area contributed by atoms with E-state index in [2.05, 4.69) is 57.7 Å². The van der Waals surface area contributed by atoms with Gasteiger partial charge in [0, 0.05) is 24.4 Å². The summed E-state index contributed by atoms with van der Waals surface area (Å²) in [7, 11) is 0. The van der Waals surface area contributed by atoms with E-state index in [9.17, 15) is 9.59 Å². The number of rotatable bonds is 7. The molecule has 1 aromatic heterocycles. The van der Waals surface area contributed by atoms with Crippen LogP contribution in [-0.2, 0) is 27.8 Å². The maximum atomic E-state index is 13.2. The highest BCUT2D eigenvalue weighted by Crippen LogP contribution is 2.37. The molecule has 5 nitrogen and oxygen atoms in total. The van der Waals surface area contributed by atoms with Crippen molar-refractivity contribution in [2.24, 2.45) is 0 Å². The Bertz CT molecular complexity index is 1190. The Balaban J connectivity index is 1.24. The zero-order valence-electron chi connectivity index (χ0n) is 21.0. The molecule has 0 bridgehead atoms. The lowest BCUT2D eigenvalue weighted by molar-refractivity contribution is -0.125. The van der Waals surface area contributed by atoms with E-state index >= 15 is 0 Å². The van der Waals surface area contributed by atoms with Gasteiger partial charge >= 0.3 is 0 Å². The lowest BCUT2D eigenvalue weighted by atomic mass is 9.70. The molecule has 1 aliphatic heterocycles. The van der Waals surface area contributed by atoms with Crippen molar-refractivity contribution in [2.75, 3.05) is 19.6 Å². The molecule has 1 unspecified atom stereocenters. The number of hydrogen-bond acceptors (Lipinski definition) is 4. The van der Waals surface area contributed by atoms with Crippen LogP contribution in [0.4, 0.5) is 0 Å². The van der Waals surface area contributed by atoms with Crippen molar-refractivity contribution in [3.63, 3.8) is 0 Å². The Morgan fingerprint density at radius 2 is 1.75 bits per heavy atom. The van der Waals surface area contributed by atoms with Crippen LogP contribution in [0.5, 0.6) is 0 Å². The fraction of sp³-hybridized carbons (Fsp3) is 0.387. The van der Waals surface area contributed by atoms with E-state index in [1.54, 1.807) is 13.1 Å². The minimum Gasteiger partial charge on any atom is -0.352 e. The first kappa shape index (κ1) is 24.4. The van der Waals surface area contributed by atoms with Crippen LogP contribution in [0.2, 0.25) is 0 Å². The molecule has 5 heteroatoms. The normalized spacial score (nSPS) is 21.4. The Morgan fingerprint density at radius 1 is 1.00 bits per heavy atom. The average molecular weight is 482 g/mol. The van der Waals surface area contributed by atoms with Crippen LogP contribution < -0.4 is 5.32 Å². The van der Waals surface area contributed by atoms with E-state index in [4.69, 9.17) is 0 Å². The topological polar surface area (TPSA) is 62.3 Å². The van der Waals surface area contributed by atoms with E-state index in [0.717, 1.165) is 50.8 Å². The number of carbonyl (C=O) groups is 2. The van der Waals surface area contributed by atoms with Crippen molar-refractivity contribution in [1.29, 1.82) is 0 Å². The Hall–Kier alpha value is -3.31. The number of hydrogen-bond donors (Lipinski definition) is 1. The van der Waals surface area contributed by atoms with Crippen LogP contribution in [0.1, 0.15) is 54.4 Å². The SMILES string of the molecule is CC(=O)C1(c2ccccc2)CCN(CC(=O)NC2CCc3ccccc3[C@H]2Cc2cccnc2)CC1. The van der Waals surface area contributed by atoms with Crippen molar-refractivity contribution in [3.05, 3.63) is 101 Å². The largest absolute Gasteiger partial charge is 0.352 e. The molecule has 186 valence electrons. The standard InChI is InChI=1S/C31H35N3O2/c1-23(35)31(26-10-3-2-4-11-26)15-18-34(19-16-31)22-30(36)33-29-14-13-25-9-5-6-12-27(25)28(29)20-24-8-7-17-32-21-24/h2-12,17,21,28-29H,13-16,18-20,22H2,1H3,(H,33,36)/t28-,29?/m1/s1. The van der Waals surface area contributed by atoms with Gasteiger partial charge in [0.1, 0.15) is 5.78 Å². The molecule has 1 fully saturated rings. The minimum absolute atomic E-state index is 0.0746. The van der Waals surface area contributed by atoms with Crippen LogP contribution in [0, 0.1) is 0 Å². The molecule has 1 aliphatic carbocycles. The number of fused-ring (bicyclic) bond motifs is 1. The van der Waals surface area contributed by atoms with Crippen molar-refractivity contribution in [1.82, 2.24) is 15.2 Å². The fourth-order valence-corrected chi connectivity index (χ4v) is 6.20. The highest BCUT2D eigenvalue weighted by molar-refractivity contribution is 5.88. The van der Waals surface area contributed by atoms with Gasteiger partial charge in [0.25, 0.3) is 0 Å². The second-order valence-electron chi connectivity index (χ2n) is 10.4. The van der Waals surface area contributed by atoms with E-state index in [0.29, 0.717) is 6.54 Å². The number of aromatic nitrogens is 1. The number of nitrogens with one attached hydrogen (secondary N) is 1. The molecule has 2 atom stereocenters. The number of pyridine rings is 1. The predicted octanol–water partition coefficient (Wildman–Crippen LogP) is 4.46. The molecule has 3 aromatic rings. The summed E-state index contributed by atoms with van der Waals surface area (Å²) in [5.74, 6) is 0.524. The second-order valence-corrected chi connectivity index (χ2v) is 10.4. The highest BCUT2D eigenvalue weighted by atomic mass is 16.2. The summed E-state index contributed by atoms with van der Waals surface area (Å²) in [4.78, 5) is 32.4. The van der Waals surface area contributed by atoms with Crippen molar-refractivity contribution >= 4 is 11.7 Å². The smallest absolute Gasteiger partial charge is 0.234 e. The summed E-state index contributed by atoms with van der Waals surface area (Å²) >= 11 is 0. The molecule has 2 aromatic carbocycles. The van der Waals surface area contributed by atoms with Gasteiger partial charge in [-0.05, 0) is 80.4 Å². The predicted molar refractivity (Wildman–Crippen MR) is 142 cm³/mol. The van der Waals surface area contributed by atoms with E-state index in [1.165, 1.54) is 16.7 Å². The van der Waals surface area contributed by atoms with Crippen LogP contribution in [0.25, 0.3) is 0 Å². The maximum absolute atomic E-state index is 13.2. The number of ketones is 1. The van der Waals surface area contributed by atoms with E-state index in [-0.39, 0.29) is 23.7 Å². The second kappa shape index (κ2) is 10.8. The number of likely N-dealkylation sites (tertiary alicyclic amines) is 1. The Morgan fingerprint density at radius 3 is 2.47 bits per heavy atom. The molecule has 0 spiro atoms. The third-order valence-electron chi connectivity index (χ3n) is 8.27. The van der Waals surface area contributed by atoms with Crippen molar-refractivity contribution in [2.45, 2.75) is 56.4 Å². The lowest BCUT2D eigenvalue weighted by Crippen LogP contribution is -2.51. The van der Waals surface area contributed by atoms with Gasteiger partial charge in [-0.1, -0.05) is 60.7 Å². The molecular weight excluding hydrogens is 446 g/mol. The zero-order chi connectivity index (χ0) is 25.0. The number of nitrogens with zero attached hydrogens (tertiary/aromatic N) is 2. The minimum atomic E-state index is -0.434. The highest BCUT2D eigenvalue weighted by Gasteiger charge is 2.40. The van der Waals surface area contributed by atoms with E-state index < -0.39 is 5.41 Å². The first-order valence-corrected chi connectivity index (χ1v) is 13.1. The lowest BCUT2D eigenvalue weighted by Gasteiger charge is -2.41. The van der Waals surface area contributed by atoms with Crippen LogP contribution in [0.15, 0.2) is 79.1 Å². The van der Waals surface area contributed by atoms with Gasteiger partial charge in [-0.15, -0.1) is 0 Å². The number of carbonyl (C=O) groups excluding carboxylic acids is 2. The monoisotopic (exact) mass is 481 g/mol. The van der Waals surface area contributed by atoms with Crippen molar-refractivity contribution < 1.29 is 9.59 Å². The van der Waals surface area contributed by atoms with Gasteiger partial charge in [0.05, 0.1) is 12.0 Å². The summed E-state index contributed by atoms with van der Waals surface area (Å²) in [6.07, 6.45) is 8.01. The van der Waals surface area contributed by atoms with Gasteiger partial charge in [-0.25, -0.2) is 0 Å². The maximum Gasteiger partial charge on any atom is 0.234 e. The summed E-state index contributed by atoms with van der Waals surface area (Å²) in [6.45, 7) is 3.57.